The molecule has 3 fully saturated rings. The standard InChI is InChI=1S/C13H23NO2/c14-12(10-2-1-3-10)11-4-6-16-13(8-11)5-7-15-9-13/h10-12H,1-9,14H2. The Morgan fingerprint density at radius 1 is 1.12 bits per heavy atom. The molecule has 3 nitrogen and oxygen atoms in total. The molecule has 3 unspecified atom stereocenters. The fourth-order valence-corrected chi connectivity index (χ4v) is 3.47. The van der Waals surface area contributed by atoms with Crippen molar-refractivity contribution in [3.63, 3.8) is 0 Å². The van der Waals surface area contributed by atoms with Crippen molar-refractivity contribution in [1.29, 1.82) is 0 Å². The van der Waals surface area contributed by atoms with Crippen molar-refractivity contribution in [1.82, 2.24) is 0 Å². The first-order valence-corrected chi connectivity index (χ1v) is 6.76. The van der Waals surface area contributed by atoms with Crippen LogP contribution in [-0.2, 0) is 9.47 Å². The van der Waals surface area contributed by atoms with Crippen LogP contribution in [0.4, 0.5) is 0 Å². The first-order chi connectivity index (χ1) is 7.79. The lowest BCUT2D eigenvalue weighted by Gasteiger charge is -2.43. The van der Waals surface area contributed by atoms with Crippen molar-refractivity contribution in [3.05, 3.63) is 0 Å². The van der Waals surface area contributed by atoms with Gasteiger partial charge in [0, 0.05) is 25.7 Å². The second-order valence-corrected chi connectivity index (χ2v) is 5.86. The van der Waals surface area contributed by atoms with Crippen LogP contribution in [0.2, 0.25) is 0 Å². The average molecular weight is 225 g/mol. The molecule has 3 atom stereocenters. The van der Waals surface area contributed by atoms with Gasteiger partial charge in [-0.1, -0.05) is 6.42 Å². The summed E-state index contributed by atoms with van der Waals surface area (Å²) in [4.78, 5) is 0. The van der Waals surface area contributed by atoms with Crippen LogP contribution in [0.25, 0.3) is 0 Å². The van der Waals surface area contributed by atoms with Crippen molar-refractivity contribution < 1.29 is 9.47 Å². The van der Waals surface area contributed by atoms with E-state index in [0.717, 1.165) is 45.0 Å². The second kappa shape index (κ2) is 4.28. The Morgan fingerprint density at radius 3 is 2.62 bits per heavy atom. The maximum Gasteiger partial charge on any atom is 0.0939 e. The van der Waals surface area contributed by atoms with Crippen molar-refractivity contribution in [2.75, 3.05) is 19.8 Å². The molecule has 0 aromatic rings. The Labute approximate surface area is 97.7 Å². The van der Waals surface area contributed by atoms with E-state index in [4.69, 9.17) is 15.2 Å². The maximum atomic E-state index is 6.41. The van der Waals surface area contributed by atoms with Crippen LogP contribution in [0.15, 0.2) is 0 Å². The fourth-order valence-electron chi connectivity index (χ4n) is 3.47. The van der Waals surface area contributed by atoms with Gasteiger partial charge in [-0.15, -0.1) is 0 Å². The van der Waals surface area contributed by atoms with Crippen LogP contribution in [0.1, 0.15) is 38.5 Å². The molecule has 2 saturated heterocycles. The van der Waals surface area contributed by atoms with E-state index >= 15 is 0 Å². The van der Waals surface area contributed by atoms with E-state index in [9.17, 15) is 0 Å². The molecule has 2 heterocycles. The minimum atomic E-state index is 0.0320. The van der Waals surface area contributed by atoms with E-state index in [1.807, 2.05) is 0 Å². The third-order valence-electron chi connectivity index (χ3n) is 4.84. The molecule has 0 amide bonds. The molecule has 92 valence electrons. The SMILES string of the molecule is NC(C1CCC1)C1CCOC2(CCOC2)C1. The Kier molecular flexibility index (Phi) is 2.94. The van der Waals surface area contributed by atoms with Gasteiger partial charge in [0.05, 0.1) is 12.2 Å². The van der Waals surface area contributed by atoms with Crippen LogP contribution in [0.5, 0.6) is 0 Å². The predicted octanol–water partition coefficient (Wildman–Crippen LogP) is 1.70. The molecule has 1 spiro atoms. The summed E-state index contributed by atoms with van der Waals surface area (Å²) in [5.41, 5.74) is 6.44. The molecule has 3 rings (SSSR count). The van der Waals surface area contributed by atoms with Crippen molar-refractivity contribution in [2.24, 2.45) is 17.6 Å². The Balaban J connectivity index is 1.62. The monoisotopic (exact) mass is 225 g/mol. The summed E-state index contributed by atoms with van der Waals surface area (Å²) in [5.74, 6) is 1.46. The number of rotatable bonds is 2. The van der Waals surface area contributed by atoms with E-state index in [-0.39, 0.29) is 5.60 Å². The number of hydrogen-bond acceptors (Lipinski definition) is 3. The molecular weight excluding hydrogens is 202 g/mol. The fraction of sp³-hybridized carbons (Fsp3) is 1.00. The van der Waals surface area contributed by atoms with Gasteiger partial charge >= 0.3 is 0 Å². The van der Waals surface area contributed by atoms with Gasteiger partial charge in [0.15, 0.2) is 0 Å². The molecule has 1 saturated carbocycles. The molecule has 16 heavy (non-hydrogen) atoms. The van der Waals surface area contributed by atoms with Gasteiger partial charge in [0.25, 0.3) is 0 Å². The highest BCUT2D eigenvalue weighted by atomic mass is 16.6. The summed E-state index contributed by atoms with van der Waals surface area (Å²) in [6.07, 6.45) is 7.44. The molecule has 0 aromatic carbocycles. The Morgan fingerprint density at radius 2 is 2.00 bits per heavy atom. The quantitative estimate of drug-likeness (QED) is 0.778. The smallest absolute Gasteiger partial charge is 0.0939 e. The lowest BCUT2D eigenvalue weighted by atomic mass is 9.71. The molecule has 0 bridgehead atoms. The van der Waals surface area contributed by atoms with Crippen molar-refractivity contribution in [3.8, 4) is 0 Å². The summed E-state index contributed by atoms with van der Waals surface area (Å²) < 4.78 is 11.5. The summed E-state index contributed by atoms with van der Waals surface area (Å²) in [7, 11) is 0. The zero-order valence-corrected chi connectivity index (χ0v) is 9.99. The van der Waals surface area contributed by atoms with Gasteiger partial charge in [0.1, 0.15) is 0 Å². The highest BCUT2D eigenvalue weighted by molar-refractivity contribution is 4.95. The van der Waals surface area contributed by atoms with Gasteiger partial charge in [-0.25, -0.2) is 0 Å². The van der Waals surface area contributed by atoms with E-state index in [1.54, 1.807) is 0 Å². The minimum Gasteiger partial charge on any atom is -0.378 e. The summed E-state index contributed by atoms with van der Waals surface area (Å²) in [6, 6.07) is 0.412. The molecule has 0 aromatic heterocycles. The van der Waals surface area contributed by atoms with Crippen molar-refractivity contribution in [2.45, 2.75) is 50.2 Å². The van der Waals surface area contributed by atoms with E-state index in [2.05, 4.69) is 0 Å². The Bertz CT molecular complexity index is 246. The van der Waals surface area contributed by atoms with Crippen LogP contribution in [0, 0.1) is 11.8 Å². The Hall–Kier alpha value is -0.120. The number of hydrogen-bond donors (Lipinski definition) is 1. The molecule has 2 N–H and O–H groups in total. The molecule has 0 radical (unpaired) electrons. The van der Waals surface area contributed by atoms with Gasteiger partial charge in [-0.2, -0.15) is 0 Å². The first kappa shape index (κ1) is 11.0. The topological polar surface area (TPSA) is 44.5 Å². The normalized spacial score (nSPS) is 42.2. The molecule has 3 aliphatic rings. The molecule has 2 aliphatic heterocycles. The van der Waals surface area contributed by atoms with E-state index < -0.39 is 0 Å². The maximum absolute atomic E-state index is 6.41. The average Bonchev–Trinajstić information content (AvgIpc) is 2.64. The lowest BCUT2D eigenvalue weighted by Crippen LogP contribution is -2.49. The van der Waals surface area contributed by atoms with Crippen LogP contribution in [0.3, 0.4) is 0 Å². The van der Waals surface area contributed by atoms with Crippen LogP contribution in [-0.4, -0.2) is 31.5 Å². The van der Waals surface area contributed by atoms with E-state index in [1.165, 1.54) is 19.3 Å². The third kappa shape index (κ3) is 1.89. The number of ether oxygens (including phenoxy) is 2. The summed E-state index contributed by atoms with van der Waals surface area (Å²) >= 11 is 0. The highest BCUT2D eigenvalue weighted by Crippen LogP contribution is 2.41. The second-order valence-electron chi connectivity index (χ2n) is 5.86. The third-order valence-corrected chi connectivity index (χ3v) is 4.84. The lowest BCUT2D eigenvalue weighted by molar-refractivity contribution is -0.105. The zero-order valence-electron chi connectivity index (χ0n) is 9.99. The zero-order chi connectivity index (χ0) is 11.0. The summed E-state index contributed by atoms with van der Waals surface area (Å²) in [5, 5.41) is 0. The largest absolute Gasteiger partial charge is 0.378 e. The van der Waals surface area contributed by atoms with Gasteiger partial charge in [0.2, 0.25) is 0 Å². The first-order valence-electron chi connectivity index (χ1n) is 6.76. The summed E-state index contributed by atoms with van der Waals surface area (Å²) in [6.45, 7) is 2.54. The van der Waals surface area contributed by atoms with Crippen molar-refractivity contribution >= 4 is 0 Å². The van der Waals surface area contributed by atoms with Crippen LogP contribution < -0.4 is 5.73 Å². The minimum absolute atomic E-state index is 0.0320. The number of nitrogens with two attached hydrogens (primary N) is 1. The van der Waals surface area contributed by atoms with E-state index in [0.29, 0.717) is 12.0 Å². The van der Waals surface area contributed by atoms with Gasteiger partial charge in [-0.3, -0.25) is 0 Å². The van der Waals surface area contributed by atoms with Crippen LogP contribution >= 0.6 is 0 Å². The van der Waals surface area contributed by atoms with Gasteiger partial charge in [-0.05, 0) is 37.5 Å². The molecular formula is C13H23NO2. The molecule has 1 aliphatic carbocycles. The van der Waals surface area contributed by atoms with Gasteiger partial charge < -0.3 is 15.2 Å². The molecule has 3 heteroatoms. The highest BCUT2D eigenvalue weighted by Gasteiger charge is 2.44. The predicted molar refractivity (Wildman–Crippen MR) is 62.2 cm³/mol.